The van der Waals surface area contributed by atoms with Crippen LogP contribution in [0.25, 0.3) is 22.4 Å². The van der Waals surface area contributed by atoms with Crippen LogP contribution in [0.3, 0.4) is 0 Å². The van der Waals surface area contributed by atoms with Crippen LogP contribution in [0, 0.1) is 0 Å². The van der Waals surface area contributed by atoms with Crippen molar-refractivity contribution in [3.05, 3.63) is 103 Å². The number of fused-ring (bicyclic) bond motifs is 8. The Kier molecular flexibility index (Phi) is 4.62. The van der Waals surface area contributed by atoms with Crippen molar-refractivity contribution < 1.29 is 0 Å². The number of nitrogens with zero attached hydrogens (tertiary/aromatic N) is 6. The van der Waals surface area contributed by atoms with E-state index in [0.29, 0.717) is 0 Å². The molecule has 0 saturated carbocycles. The monoisotopic (exact) mass is 452 g/mol. The van der Waals surface area contributed by atoms with E-state index >= 15 is 0 Å². The molecule has 0 radical (unpaired) electrons. The quantitative estimate of drug-likeness (QED) is 0.385. The van der Waals surface area contributed by atoms with Crippen molar-refractivity contribution in [1.29, 1.82) is 0 Å². The topological polar surface area (TPSA) is 40.4 Å². The van der Waals surface area contributed by atoms with Crippen LogP contribution in [-0.4, -0.2) is 59.1 Å². The summed E-state index contributed by atoms with van der Waals surface area (Å²) < 4.78 is 9.72. The molecule has 166 valence electrons. The zero-order chi connectivity index (χ0) is 23.5. The van der Waals surface area contributed by atoms with Crippen molar-refractivity contribution in [3.63, 3.8) is 0 Å². The Morgan fingerprint density at radius 3 is 2.06 bits per heavy atom. The van der Waals surface area contributed by atoms with Crippen molar-refractivity contribution in [2.45, 2.75) is 0 Å². The summed E-state index contributed by atoms with van der Waals surface area (Å²) in [5.41, 5.74) is 5.68. The van der Waals surface area contributed by atoms with E-state index in [1.165, 1.54) is 10.9 Å². The molecule has 5 aromatic rings. The second-order valence-corrected chi connectivity index (χ2v) is 9.32. The van der Waals surface area contributed by atoms with Gasteiger partial charge in [0.05, 0.1) is 16.6 Å². The number of aromatic nitrogens is 3. The molecule has 0 aliphatic carbocycles. The molecule has 2 aromatic heterocycles. The van der Waals surface area contributed by atoms with Gasteiger partial charge in [-0.2, -0.15) is 0 Å². The standard InChI is InChI=1S/C26H23B3N6/c1-32-27(20-12-5-3-6-13-20)33(2)29-34-24-18-10-9-17-23(24)31-26(34)22-16-11-19-30-25(22)35(29)28(32)21-14-7-4-8-15-21/h3-19H,1-2H3. The van der Waals surface area contributed by atoms with Crippen LogP contribution in [0.15, 0.2) is 103 Å². The minimum atomic E-state index is -0.105. The average Bonchev–Trinajstić information content (AvgIpc) is 3.30. The first-order valence-corrected chi connectivity index (χ1v) is 12.0. The van der Waals surface area contributed by atoms with Crippen molar-refractivity contribution in [2.24, 2.45) is 0 Å². The molecule has 1 saturated heterocycles. The molecule has 2 aliphatic rings. The molecule has 0 amide bonds. The molecular weight excluding hydrogens is 429 g/mol. The van der Waals surface area contributed by atoms with Gasteiger partial charge in [-0.1, -0.05) is 72.8 Å². The fourth-order valence-corrected chi connectivity index (χ4v) is 5.96. The van der Waals surface area contributed by atoms with Crippen LogP contribution in [0.1, 0.15) is 0 Å². The lowest BCUT2D eigenvalue weighted by molar-refractivity contribution is 0.643. The molecule has 9 heteroatoms. The van der Waals surface area contributed by atoms with Gasteiger partial charge < -0.3 is 18.6 Å². The number of pyridine rings is 1. The number of imidazole rings is 1. The number of para-hydroxylation sites is 2. The van der Waals surface area contributed by atoms with Gasteiger partial charge >= 0.3 is 21.1 Å². The third kappa shape index (κ3) is 2.95. The number of rotatable bonds is 2. The molecule has 4 heterocycles. The predicted octanol–water partition coefficient (Wildman–Crippen LogP) is 2.42. The molecule has 7 rings (SSSR count). The van der Waals surface area contributed by atoms with Crippen LogP contribution in [0.2, 0.25) is 0 Å². The normalized spacial score (nSPS) is 15.8. The maximum Gasteiger partial charge on any atom is 0.455 e. The third-order valence-corrected chi connectivity index (χ3v) is 7.33. The lowest BCUT2D eigenvalue weighted by Crippen LogP contribution is -2.83. The Labute approximate surface area is 206 Å². The van der Waals surface area contributed by atoms with Crippen molar-refractivity contribution in [2.75, 3.05) is 18.8 Å². The molecule has 0 atom stereocenters. The SMILES string of the molecule is CN1B(c2ccccc2)N(C)B2N(B1c1ccccc1)c1ncccc1-c1nc3ccccc3n12. The third-order valence-electron chi connectivity index (χ3n) is 7.33. The summed E-state index contributed by atoms with van der Waals surface area (Å²) in [6.07, 6.45) is 1.89. The van der Waals surface area contributed by atoms with Crippen LogP contribution in [-0.2, 0) is 0 Å². The minimum absolute atomic E-state index is 0.0226. The van der Waals surface area contributed by atoms with Crippen LogP contribution in [0.4, 0.5) is 5.82 Å². The molecule has 0 bridgehead atoms. The van der Waals surface area contributed by atoms with Gasteiger partial charge in [0.2, 0.25) is 0 Å². The zero-order valence-electron chi connectivity index (χ0n) is 19.7. The van der Waals surface area contributed by atoms with E-state index in [0.717, 1.165) is 28.2 Å². The smallest absolute Gasteiger partial charge is 0.394 e. The summed E-state index contributed by atoms with van der Waals surface area (Å²) in [6, 6.07) is 34.1. The lowest BCUT2D eigenvalue weighted by atomic mass is 9.42. The number of hydrogen-bond donors (Lipinski definition) is 0. The van der Waals surface area contributed by atoms with Gasteiger partial charge in [-0.15, -0.1) is 0 Å². The first-order chi connectivity index (χ1) is 17.2. The summed E-state index contributed by atoms with van der Waals surface area (Å²) in [7, 11) is 4.32. The predicted molar refractivity (Wildman–Crippen MR) is 146 cm³/mol. The maximum absolute atomic E-state index is 5.09. The largest absolute Gasteiger partial charge is 0.455 e. The molecule has 35 heavy (non-hydrogen) atoms. The fraction of sp³-hybridized carbons (Fsp3) is 0.0769. The van der Waals surface area contributed by atoms with Gasteiger partial charge in [0.1, 0.15) is 11.6 Å². The second-order valence-electron chi connectivity index (χ2n) is 9.32. The number of benzene rings is 3. The first kappa shape index (κ1) is 20.6. The molecule has 0 spiro atoms. The van der Waals surface area contributed by atoms with Gasteiger partial charge in [-0.25, -0.2) is 9.97 Å². The van der Waals surface area contributed by atoms with Crippen molar-refractivity contribution in [3.8, 4) is 11.4 Å². The molecule has 6 nitrogen and oxygen atoms in total. The van der Waals surface area contributed by atoms with Gasteiger partial charge in [-0.3, -0.25) is 0 Å². The fourth-order valence-electron chi connectivity index (χ4n) is 5.96. The van der Waals surface area contributed by atoms with Crippen LogP contribution < -0.4 is 15.6 Å². The van der Waals surface area contributed by atoms with E-state index in [-0.39, 0.29) is 21.1 Å². The van der Waals surface area contributed by atoms with E-state index in [1.807, 2.05) is 12.3 Å². The Morgan fingerprint density at radius 1 is 0.657 bits per heavy atom. The molecule has 1 fully saturated rings. The maximum atomic E-state index is 5.09. The summed E-state index contributed by atoms with van der Waals surface area (Å²) in [5, 5.41) is 0. The van der Waals surface area contributed by atoms with E-state index in [9.17, 15) is 0 Å². The highest BCUT2D eigenvalue weighted by atomic mass is 15.4. The number of hydrogen-bond acceptors (Lipinski definition) is 5. The molecule has 3 aromatic carbocycles. The summed E-state index contributed by atoms with van der Waals surface area (Å²) >= 11 is 0. The zero-order valence-corrected chi connectivity index (χ0v) is 19.7. The first-order valence-electron chi connectivity index (χ1n) is 12.0. The van der Waals surface area contributed by atoms with Gasteiger partial charge in [-0.05, 0) is 49.3 Å². The summed E-state index contributed by atoms with van der Waals surface area (Å²) in [5.74, 6) is 1.92. The number of anilines is 1. The Balaban J connectivity index is 1.54. The van der Waals surface area contributed by atoms with Gasteiger partial charge in [0.25, 0.3) is 0 Å². The Morgan fingerprint density at radius 2 is 1.31 bits per heavy atom. The van der Waals surface area contributed by atoms with E-state index < -0.39 is 0 Å². The molecule has 2 aliphatic heterocycles. The Hall–Kier alpha value is -3.81. The van der Waals surface area contributed by atoms with E-state index in [2.05, 4.69) is 124 Å². The minimum Gasteiger partial charge on any atom is -0.394 e. The Bertz CT molecular complexity index is 1530. The van der Waals surface area contributed by atoms with Crippen molar-refractivity contribution >= 4 is 48.9 Å². The highest BCUT2D eigenvalue weighted by Gasteiger charge is 2.56. The van der Waals surface area contributed by atoms with E-state index in [4.69, 9.17) is 9.97 Å². The molecule has 0 unspecified atom stereocenters. The highest BCUT2D eigenvalue weighted by molar-refractivity contribution is 7.00. The van der Waals surface area contributed by atoms with Crippen molar-refractivity contribution in [1.82, 2.24) is 23.9 Å². The summed E-state index contributed by atoms with van der Waals surface area (Å²) in [4.78, 5) is 10.0. The second kappa shape index (κ2) is 7.87. The van der Waals surface area contributed by atoms with Crippen LogP contribution >= 0.6 is 0 Å². The van der Waals surface area contributed by atoms with E-state index in [1.54, 1.807) is 0 Å². The van der Waals surface area contributed by atoms with Gasteiger partial charge in [0.15, 0.2) is 0 Å². The molecule has 0 N–H and O–H groups in total. The average molecular weight is 452 g/mol. The molecular formula is C26H23B3N6. The highest BCUT2D eigenvalue weighted by Crippen LogP contribution is 2.39. The lowest BCUT2D eigenvalue weighted by Gasteiger charge is -2.54. The van der Waals surface area contributed by atoms with Crippen LogP contribution in [0.5, 0.6) is 0 Å². The van der Waals surface area contributed by atoms with Gasteiger partial charge in [0, 0.05) is 6.20 Å². The summed E-state index contributed by atoms with van der Waals surface area (Å²) in [6.45, 7) is 0.0347.